The van der Waals surface area contributed by atoms with Crippen LogP contribution < -0.4 is 54.8 Å². The van der Waals surface area contributed by atoms with Crippen molar-refractivity contribution >= 4 is 29.5 Å². The van der Waals surface area contributed by atoms with Gasteiger partial charge in [-0.15, -0.1) is 0 Å². The number of methoxy groups -OCH3 is 2. The van der Waals surface area contributed by atoms with Gasteiger partial charge in [0.2, 0.25) is 17.7 Å². The Hall–Kier alpha value is -4.09. The molecule has 0 radical (unpaired) electrons. The van der Waals surface area contributed by atoms with E-state index in [0.717, 1.165) is 44.3 Å². The van der Waals surface area contributed by atoms with Crippen molar-refractivity contribution in [2.45, 2.75) is 78.2 Å². The minimum absolute atomic E-state index is 0.0724. The van der Waals surface area contributed by atoms with Crippen LogP contribution in [-0.2, 0) is 54.3 Å². The van der Waals surface area contributed by atoms with Crippen molar-refractivity contribution in [1.29, 1.82) is 0 Å². The van der Waals surface area contributed by atoms with E-state index in [9.17, 15) is 24.0 Å². The van der Waals surface area contributed by atoms with Gasteiger partial charge in [0.1, 0.15) is 12.4 Å². The maximum Gasteiger partial charge on any atom is 0.306 e. The fraction of sp³-hybridized carbons (Fsp3) is 0.729. The number of carbonyl (C=O) groups is 5. The van der Waals surface area contributed by atoms with Crippen LogP contribution in [0.4, 0.5) is 0 Å². The van der Waals surface area contributed by atoms with Crippen LogP contribution in [0.25, 0.3) is 0 Å². The molecule has 3 amide bonds. The lowest BCUT2D eigenvalue weighted by molar-refractivity contribution is -0.147. The Kier molecular flexibility index (Phi) is 47.9. The molecule has 14 N–H and O–H groups in total. The number of Topliss-reactive ketones (excluding diaryl/α,β-unsaturated/α-hetero) is 1. The Morgan fingerprint density at radius 3 is 1.59 bits per heavy atom. The highest BCUT2D eigenvalue weighted by Gasteiger charge is 2.24. The molecule has 0 spiro atoms. The predicted molar refractivity (Wildman–Crippen MR) is 268 cm³/mol. The largest absolute Gasteiger partial charge is 0.461 e. The van der Waals surface area contributed by atoms with Crippen LogP contribution in [0.5, 0.6) is 0 Å². The topological polar surface area (TPSA) is 308 Å². The average molecular weight is 969 g/mol. The molecule has 0 aliphatic heterocycles. The lowest BCUT2D eigenvalue weighted by Gasteiger charge is -2.21. The van der Waals surface area contributed by atoms with E-state index in [0.29, 0.717) is 111 Å². The van der Waals surface area contributed by atoms with E-state index in [4.69, 9.17) is 46.6 Å². The van der Waals surface area contributed by atoms with Gasteiger partial charge < -0.3 is 78.5 Å². The number of allylic oxidation sites excluding steroid dienone is 1. The summed E-state index contributed by atoms with van der Waals surface area (Å²) in [6.45, 7) is 18.4. The lowest BCUT2D eigenvalue weighted by Crippen LogP contribution is -2.37. The number of ether oxygens (including phenoxy) is 5. The summed E-state index contributed by atoms with van der Waals surface area (Å²) in [5, 5.41) is 17.9. The highest BCUT2D eigenvalue weighted by Crippen LogP contribution is 2.19. The van der Waals surface area contributed by atoms with Gasteiger partial charge in [0.05, 0.1) is 32.8 Å². The van der Waals surface area contributed by atoms with Gasteiger partial charge in [-0.25, -0.2) is 0 Å². The van der Waals surface area contributed by atoms with Crippen LogP contribution in [0.2, 0.25) is 0 Å². The zero-order chi connectivity index (χ0) is 50.9. The summed E-state index contributed by atoms with van der Waals surface area (Å²) in [5.74, 6) is -2.19. The molecule has 1 aromatic carbocycles. The highest BCUT2D eigenvalue weighted by molar-refractivity contribution is 5.87. The zero-order valence-corrected chi connectivity index (χ0v) is 42.0. The Morgan fingerprint density at radius 2 is 1.06 bits per heavy atom. The zero-order valence-electron chi connectivity index (χ0n) is 42.0. The van der Waals surface area contributed by atoms with E-state index in [1.54, 1.807) is 28.1 Å². The number of amides is 3. The molecule has 0 heterocycles. The van der Waals surface area contributed by atoms with Crippen LogP contribution in [0.15, 0.2) is 42.6 Å². The van der Waals surface area contributed by atoms with E-state index in [1.165, 1.54) is 6.42 Å². The van der Waals surface area contributed by atoms with Crippen LogP contribution in [0.1, 0.15) is 77.2 Å². The number of nitrogens with two attached hydrogens (primary N) is 4. The summed E-state index contributed by atoms with van der Waals surface area (Å²) in [6, 6.07) is 9.45. The first kappa shape index (κ1) is 66.0. The van der Waals surface area contributed by atoms with Crippen molar-refractivity contribution < 1.29 is 47.7 Å². The molecule has 0 aromatic heterocycles. The first-order valence-corrected chi connectivity index (χ1v) is 24.2. The minimum Gasteiger partial charge on any atom is -0.461 e. The number of benzene rings is 1. The standard InChI is InChI=1S/C25H51N7O5.C18H27NO5.C5H14N2/c1-20(25(35)32-13-11-29-9-6-27)17-23(33)18-22(19-24(34)31-12-10-28-8-5-26)21(2)30-7-4-14-37-16-15-36-3;1-15(18(21)19-9-6-10-23-12-11-22-2)13-17(20)24-14-16-7-4-3-5-8-16;6-4-2-1-3-5-7/h20,22,28-30H,2,4-19,26-27H2,1,3H3,(H,31,34)(H,32,35);3-5,7-8,15H,6,9-14H2,1-2H3,(H,19,21);1-7H2. The number of hydrogen-bond acceptors (Lipinski definition) is 17. The first-order valence-electron chi connectivity index (χ1n) is 24.2. The van der Waals surface area contributed by atoms with Crippen molar-refractivity contribution in [3.8, 4) is 0 Å². The molecule has 20 nitrogen and oxygen atoms in total. The summed E-state index contributed by atoms with van der Waals surface area (Å²) in [5.41, 5.74) is 22.9. The van der Waals surface area contributed by atoms with Gasteiger partial charge >= 0.3 is 5.97 Å². The van der Waals surface area contributed by atoms with Crippen molar-refractivity contribution in [3.63, 3.8) is 0 Å². The highest BCUT2D eigenvalue weighted by atomic mass is 16.5. The quantitative estimate of drug-likeness (QED) is 0.0314. The maximum absolute atomic E-state index is 12.8. The van der Waals surface area contributed by atoms with Crippen LogP contribution in [-0.4, -0.2) is 162 Å². The minimum atomic E-state index is -0.462. The molecule has 0 fully saturated rings. The predicted octanol–water partition coefficient (Wildman–Crippen LogP) is 0.463. The van der Waals surface area contributed by atoms with E-state index in [1.807, 2.05) is 30.3 Å². The Morgan fingerprint density at radius 1 is 0.544 bits per heavy atom. The Bertz CT molecular complexity index is 1400. The second-order valence-corrected chi connectivity index (χ2v) is 16.0. The Balaban J connectivity index is 0. The van der Waals surface area contributed by atoms with Crippen LogP contribution in [0.3, 0.4) is 0 Å². The number of unbranched alkanes of at least 4 members (excludes halogenated alkanes) is 2. The number of carbonyl (C=O) groups excluding carboxylic acids is 5. The van der Waals surface area contributed by atoms with Gasteiger partial charge in [0, 0.05) is 136 Å². The van der Waals surface area contributed by atoms with Gasteiger partial charge in [-0.1, -0.05) is 57.2 Å². The Labute approximate surface area is 407 Å². The second-order valence-electron chi connectivity index (χ2n) is 16.0. The fourth-order valence-corrected chi connectivity index (χ4v) is 5.82. The smallest absolute Gasteiger partial charge is 0.306 e. The fourth-order valence-electron chi connectivity index (χ4n) is 5.82. The number of nitrogens with one attached hydrogen (secondary N) is 6. The first-order chi connectivity index (χ1) is 32.9. The summed E-state index contributed by atoms with van der Waals surface area (Å²) in [7, 11) is 3.24. The molecular formula is C48H92N10O10. The number of hydrogen-bond donors (Lipinski definition) is 10. The molecule has 20 heteroatoms. The maximum atomic E-state index is 12.8. The van der Waals surface area contributed by atoms with Gasteiger partial charge in [-0.05, 0) is 44.3 Å². The van der Waals surface area contributed by atoms with E-state index in [-0.39, 0.29) is 67.7 Å². The molecule has 3 atom stereocenters. The number of esters is 1. The lowest BCUT2D eigenvalue weighted by atomic mass is 9.91. The van der Waals surface area contributed by atoms with Gasteiger partial charge in [0.15, 0.2) is 0 Å². The third-order valence-electron chi connectivity index (χ3n) is 9.76. The molecule has 68 heavy (non-hydrogen) atoms. The molecule has 0 saturated heterocycles. The summed E-state index contributed by atoms with van der Waals surface area (Å²) < 4.78 is 25.8. The normalized spacial score (nSPS) is 11.9. The third kappa shape index (κ3) is 43.2. The van der Waals surface area contributed by atoms with Crippen molar-refractivity contribution in [2.24, 2.45) is 40.7 Å². The summed E-state index contributed by atoms with van der Waals surface area (Å²) in [6.07, 6.45) is 5.34. The molecule has 0 saturated carbocycles. The summed E-state index contributed by atoms with van der Waals surface area (Å²) >= 11 is 0. The molecule has 1 aromatic rings. The van der Waals surface area contributed by atoms with Crippen LogP contribution >= 0.6 is 0 Å². The molecule has 0 aliphatic rings. The van der Waals surface area contributed by atoms with Crippen molar-refractivity contribution in [2.75, 3.05) is 132 Å². The monoisotopic (exact) mass is 969 g/mol. The second kappa shape index (κ2) is 49.3. The number of rotatable bonds is 42. The molecule has 3 unspecified atom stereocenters. The number of ketones is 1. The van der Waals surface area contributed by atoms with E-state index >= 15 is 0 Å². The molecular weight excluding hydrogens is 877 g/mol. The van der Waals surface area contributed by atoms with Crippen molar-refractivity contribution in [3.05, 3.63) is 48.2 Å². The van der Waals surface area contributed by atoms with Gasteiger partial charge in [-0.3, -0.25) is 24.0 Å². The molecule has 0 bridgehead atoms. The van der Waals surface area contributed by atoms with E-state index < -0.39 is 11.8 Å². The molecule has 0 aliphatic carbocycles. The van der Waals surface area contributed by atoms with E-state index in [2.05, 4.69) is 38.5 Å². The van der Waals surface area contributed by atoms with Gasteiger partial charge in [-0.2, -0.15) is 0 Å². The van der Waals surface area contributed by atoms with Gasteiger partial charge in [0.25, 0.3) is 0 Å². The molecule has 394 valence electrons. The van der Waals surface area contributed by atoms with Crippen molar-refractivity contribution in [1.82, 2.24) is 31.9 Å². The summed E-state index contributed by atoms with van der Waals surface area (Å²) in [4.78, 5) is 61.3. The van der Waals surface area contributed by atoms with Crippen LogP contribution in [0, 0.1) is 17.8 Å². The molecule has 1 rings (SSSR count). The average Bonchev–Trinajstić information content (AvgIpc) is 3.33. The third-order valence-corrected chi connectivity index (χ3v) is 9.76. The SMILES string of the molecule is C=C(NCCCOCCOC)C(CC(=O)CC(C)C(=O)NCCNCCN)CC(=O)NCCNCCN.COCCOCCCNC(=O)C(C)CC(=O)OCc1ccccc1.NCCCCCN.